The Hall–Kier alpha value is -4.85. The number of amides is 1. The van der Waals surface area contributed by atoms with Crippen LogP contribution in [0.4, 0.5) is 0 Å². The first kappa shape index (κ1) is 101. The number of aliphatic hydroxyl groups excluding tert-OH is 11. The molecule has 0 aliphatic carbocycles. The minimum absolute atomic E-state index is 0.169. The monoisotopic (exact) mass is 1570 g/mol. The number of hydrogen-bond donors (Lipinski definition) is 12. The molecule has 12 N–H and O–H groups in total. The normalized spacial score (nSPS) is 25.8. The maximum Gasteiger partial charge on any atom is 0.220 e. The first-order valence-corrected chi connectivity index (χ1v) is 43.4. The molecule has 3 aliphatic heterocycles. The molecule has 0 spiro atoms. The van der Waals surface area contributed by atoms with Gasteiger partial charge in [-0.3, -0.25) is 4.79 Å². The van der Waals surface area contributed by atoms with Crippen LogP contribution in [0.25, 0.3) is 0 Å². The van der Waals surface area contributed by atoms with Crippen LogP contribution in [0.2, 0.25) is 0 Å². The van der Waals surface area contributed by atoms with Gasteiger partial charge in [0.05, 0.1) is 38.6 Å². The van der Waals surface area contributed by atoms with Crippen LogP contribution in [0, 0.1) is 0 Å². The predicted octanol–water partition coefficient (Wildman–Crippen LogP) is 16.1. The van der Waals surface area contributed by atoms with Crippen molar-refractivity contribution < 1.29 is 89.4 Å². The zero-order valence-corrected chi connectivity index (χ0v) is 68.6. The van der Waals surface area contributed by atoms with Crippen LogP contribution >= 0.6 is 0 Å². The van der Waals surface area contributed by atoms with Gasteiger partial charge in [-0.25, -0.2) is 0 Å². The topological polar surface area (TPSA) is 307 Å². The molecule has 0 aromatic carbocycles. The first-order chi connectivity index (χ1) is 54.8. The van der Waals surface area contributed by atoms with Crippen LogP contribution < -0.4 is 5.32 Å². The molecule has 1 amide bonds. The van der Waals surface area contributed by atoms with Gasteiger partial charge in [-0.15, -0.1) is 0 Å². The second-order valence-electron chi connectivity index (χ2n) is 29.9. The number of aliphatic hydroxyl groups is 11. The third kappa shape index (κ3) is 48.6. The zero-order chi connectivity index (χ0) is 81.0. The number of carbonyl (C=O) groups is 1. The Balaban J connectivity index is 1.39. The van der Waals surface area contributed by atoms with E-state index in [4.69, 9.17) is 28.4 Å². The van der Waals surface area contributed by atoms with E-state index in [0.717, 1.165) is 109 Å². The van der Waals surface area contributed by atoms with Crippen LogP contribution in [0.1, 0.15) is 277 Å². The molecule has 19 heteroatoms. The third-order valence-electron chi connectivity index (χ3n) is 20.2. The Kier molecular flexibility index (Phi) is 63.7. The molecule has 3 rings (SSSR count). The highest BCUT2D eigenvalue weighted by Crippen LogP contribution is 2.33. The van der Waals surface area contributed by atoms with E-state index in [1.54, 1.807) is 6.08 Å². The molecule has 0 saturated carbocycles. The van der Waals surface area contributed by atoms with Gasteiger partial charge in [0.1, 0.15) is 73.2 Å². The van der Waals surface area contributed by atoms with E-state index in [2.05, 4.69) is 177 Å². The summed E-state index contributed by atoms with van der Waals surface area (Å²) < 4.78 is 34.4. The van der Waals surface area contributed by atoms with E-state index in [9.17, 15) is 61.0 Å². The van der Waals surface area contributed by atoms with Crippen molar-refractivity contribution in [3.05, 3.63) is 170 Å². The van der Waals surface area contributed by atoms with Gasteiger partial charge in [-0.1, -0.05) is 319 Å². The van der Waals surface area contributed by atoms with Crippen molar-refractivity contribution in [3.8, 4) is 0 Å². The SMILES string of the molecule is CC/C=C\C/C=C\C/C=C\C/C=C\C/C=C\C/C=C\C/C=C\C/C=C\C/C=C\C/C=C\C/C=C\C/C=C\CCCCC(=O)NC(COC1OC(CO)C(OC2OC(CO)C(OC3OC(CO)C(O)C(O)C3O)C(O)C2O)C(O)C1O)C(O)/C=C/CC/C=C/CCCCCCCCCCCCCCCCCCCCCCCC. The zero-order valence-electron chi connectivity index (χ0n) is 68.6. The highest BCUT2D eigenvalue weighted by Gasteiger charge is 2.54. The van der Waals surface area contributed by atoms with E-state index < -0.39 is 131 Å². The third-order valence-corrected chi connectivity index (χ3v) is 20.2. The Morgan fingerprint density at radius 3 is 1.00 bits per heavy atom. The fourth-order valence-corrected chi connectivity index (χ4v) is 13.4. The van der Waals surface area contributed by atoms with Crippen LogP contribution in [0.5, 0.6) is 0 Å². The molecule has 17 unspecified atom stereocenters. The maximum atomic E-state index is 13.5. The molecule has 0 bridgehead atoms. The van der Waals surface area contributed by atoms with E-state index in [-0.39, 0.29) is 12.3 Å². The number of allylic oxidation sites excluding steroid dienone is 27. The molecule has 3 saturated heterocycles. The summed E-state index contributed by atoms with van der Waals surface area (Å²) in [6.07, 6.45) is 79.2. The maximum absolute atomic E-state index is 13.5. The van der Waals surface area contributed by atoms with Crippen molar-refractivity contribution in [1.82, 2.24) is 5.32 Å². The number of unbranched alkanes of at least 4 members (excludes halogenated alkanes) is 25. The highest BCUT2D eigenvalue weighted by molar-refractivity contribution is 5.76. The lowest BCUT2D eigenvalue weighted by atomic mass is 9.96. The minimum atomic E-state index is -2.00. The standard InChI is InChI=1S/C93H153NO18/c1-3-5-7-9-11-13-15-17-19-21-23-25-27-29-31-33-34-35-36-37-38-39-40-41-42-43-45-47-49-51-53-55-57-59-61-63-65-67-69-71-81(99)94-76(77(98)70-68-66-64-62-60-58-56-54-52-50-48-46-44-32-30-28-26-24-22-20-18-16-14-12-10-8-6-4-2)75-107-91-87(105)84(102)89(79(73-96)109-91)112-93-88(106)85(103)90(80(74-97)110-93)111-92-86(104)83(101)82(100)78(72-95)108-92/h5,7,11,13,17,19,23,25,29,31,34-35,37-38,40-41,43,45,49,51,55,57,60-63,68,70,76-80,82-93,95-98,100-106H,3-4,6,8-10,12,14-16,18,20-22,24,26-28,30,32-33,36,39,42,44,46-48,50,52-54,56,58-59,64-67,69,71-75H2,1-2H3,(H,94,99)/b7-5-,13-11-,19-17-,25-23-,31-29-,35-34-,38-37-,41-40-,45-43-,51-49-,57-55-,62-60+,63-61-,70-68+. The molecule has 19 nitrogen and oxygen atoms in total. The summed E-state index contributed by atoms with van der Waals surface area (Å²) in [6.45, 7) is 1.58. The number of nitrogens with one attached hydrogen (secondary N) is 1. The Morgan fingerprint density at radius 2 is 0.625 bits per heavy atom. The van der Waals surface area contributed by atoms with Crippen LogP contribution in [0.15, 0.2) is 170 Å². The molecule has 3 heterocycles. The molecule has 0 aromatic heterocycles. The Labute approximate surface area is 675 Å². The number of hydrogen-bond acceptors (Lipinski definition) is 18. The first-order valence-electron chi connectivity index (χ1n) is 43.4. The van der Waals surface area contributed by atoms with Crippen LogP contribution in [0.3, 0.4) is 0 Å². The summed E-state index contributed by atoms with van der Waals surface area (Å²) in [7, 11) is 0. The summed E-state index contributed by atoms with van der Waals surface area (Å²) in [6, 6.07) is -1.03. The minimum Gasteiger partial charge on any atom is -0.394 e. The molecule has 0 radical (unpaired) electrons. The van der Waals surface area contributed by atoms with Crippen molar-refractivity contribution >= 4 is 5.91 Å². The Bertz CT molecular complexity index is 2690. The molecule has 638 valence electrons. The lowest BCUT2D eigenvalue weighted by molar-refractivity contribution is -0.379. The molecular weight excluding hydrogens is 1420 g/mol. The smallest absolute Gasteiger partial charge is 0.220 e. The van der Waals surface area contributed by atoms with Gasteiger partial charge < -0.3 is 89.9 Å². The van der Waals surface area contributed by atoms with Gasteiger partial charge in [0.2, 0.25) is 5.91 Å². The highest BCUT2D eigenvalue weighted by atomic mass is 16.8. The van der Waals surface area contributed by atoms with Crippen molar-refractivity contribution in [2.24, 2.45) is 0 Å². The summed E-state index contributed by atoms with van der Waals surface area (Å²) in [5, 5.41) is 121. The van der Waals surface area contributed by atoms with Gasteiger partial charge in [0, 0.05) is 6.42 Å². The average molecular weight is 1570 g/mol. The molecule has 112 heavy (non-hydrogen) atoms. The summed E-state index contributed by atoms with van der Waals surface area (Å²) in [4.78, 5) is 13.5. The average Bonchev–Trinajstić information content (AvgIpc) is 0.780. The van der Waals surface area contributed by atoms with Crippen molar-refractivity contribution in [2.75, 3.05) is 26.4 Å². The summed E-state index contributed by atoms with van der Waals surface area (Å²) in [5.74, 6) is -0.332. The van der Waals surface area contributed by atoms with E-state index in [1.165, 1.54) is 135 Å². The Morgan fingerprint density at radius 1 is 0.330 bits per heavy atom. The van der Waals surface area contributed by atoms with Gasteiger partial charge in [0.15, 0.2) is 18.9 Å². The van der Waals surface area contributed by atoms with Gasteiger partial charge in [-0.05, 0) is 122 Å². The quantitative estimate of drug-likeness (QED) is 0.0199. The van der Waals surface area contributed by atoms with E-state index in [1.807, 2.05) is 6.08 Å². The number of ether oxygens (including phenoxy) is 6. The van der Waals surface area contributed by atoms with Gasteiger partial charge >= 0.3 is 0 Å². The molecular formula is C93H153NO18. The van der Waals surface area contributed by atoms with Crippen molar-refractivity contribution in [2.45, 2.75) is 381 Å². The largest absolute Gasteiger partial charge is 0.394 e. The predicted molar refractivity (Wildman–Crippen MR) is 452 cm³/mol. The van der Waals surface area contributed by atoms with Crippen LogP contribution in [-0.2, 0) is 33.2 Å². The van der Waals surface area contributed by atoms with E-state index in [0.29, 0.717) is 12.8 Å². The van der Waals surface area contributed by atoms with Crippen molar-refractivity contribution in [1.29, 1.82) is 0 Å². The number of rotatable bonds is 67. The molecule has 0 aromatic rings. The number of carbonyl (C=O) groups excluding carboxylic acids is 1. The van der Waals surface area contributed by atoms with E-state index >= 15 is 0 Å². The second-order valence-corrected chi connectivity index (χ2v) is 29.9. The molecule has 3 aliphatic rings. The van der Waals surface area contributed by atoms with Crippen LogP contribution in [-0.4, -0.2) is 193 Å². The van der Waals surface area contributed by atoms with Gasteiger partial charge in [0.25, 0.3) is 0 Å². The fraction of sp³-hybridized carbons (Fsp3) is 0.688. The lowest BCUT2D eigenvalue weighted by Crippen LogP contribution is -2.66. The van der Waals surface area contributed by atoms with Crippen molar-refractivity contribution in [3.63, 3.8) is 0 Å². The summed E-state index contributed by atoms with van der Waals surface area (Å²) >= 11 is 0. The van der Waals surface area contributed by atoms with Gasteiger partial charge in [-0.2, -0.15) is 0 Å². The second kappa shape index (κ2) is 70.4. The molecule has 17 atom stereocenters. The lowest BCUT2D eigenvalue weighted by Gasteiger charge is -2.48. The summed E-state index contributed by atoms with van der Waals surface area (Å²) in [5.41, 5.74) is 0. The fourth-order valence-electron chi connectivity index (χ4n) is 13.4. The molecule has 3 fully saturated rings.